The first kappa shape index (κ1) is 21.7. The number of fused-ring (bicyclic) bond motifs is 1. The van der Waals surface area contributed by atoms with Crippen molar-refractivity contribution in [1.29, 1.82) is 0 Å². The van der Waals surface area contributed by atoms with Crippen molar-refractivity contribution < 1.29 is 19.0 Å². The summed E-state index contributed by atoms with van der Waals surface area (Å²) in [6.45, 7) is 0.160. The minimum atomic E-state index is -0.429. The minimum Gasteiger partial charge on any atom is -0.497 e. The van der Waals surface area contributed by atoms with Gasteiger partial charge in [0.2, 0.25) is 0 Å². The smallest absolute Gasteiger partial charge is 0.258 e. The van der Waals surface area contributed by atoms with Crippen molar-refractivity contribution in [3.8, 4) is 17.2 Å². The number of hydrogen-bond donors (Lipinski definition) is 2. The number of aromatic amines is 1. The maximum absolute atomic E-state index is 13.0. The maximum atomic E-state index is 13.0. The summed E-state index contributed by atoms with van der Waals surface area (Å²) in [5.41, 5.74) is 1.59. The number of ether oxygens (including phenoxy) is 3. The van der Waals surface area contributed by atoms with Crippen LogP contribution >= 0.6 is 23.2 Å². The summed E-state index contributed by atoms with van der Waals surface area (Å²) < 4.78 is 16.3. The first-order valence-electron chi connectivity index (χ1n) is 9.43. The standard InChI is InChI=1S/C22H18Cl2N4O4/c1-30-12-3-5-13(6-4-12)32-11-18-26-19-14(7-8-17(31-2)21(19)27-18)22(29)28-20-15(23)9-25-10-16(20)24/h3-10H,11H2,1-2H3,(H,26,27)(H,25,28,29). The van der Waals surface area contributed by atoms with Crippen LogP contribution < -0.4 is 19.5 Å². The van der Waals surface area contributed by atoms with E-state index in [1.165, 1.54) is 12.4 Å². The molecule has 0 radical (unpaired) electrons. The highest BCUT2D eigenvalue weighted by atomic mass is 35.5. The van der Waals surface area contributed by atoms with Crippen molar-refractivity contribution in [2.24, 2.45) is 0 Å². The van der Waals surface area contributed by atoms with Gasteiger partial charge < -0.3 is 24.5 Å². The van der Waals surface area contributed by atoms with Crippen molar-refractivity contribution in [2.75, 3.05) is 19.5 Å². The van der Waals surface area contributed by atoms with Gasteiger partial charge in [-0.25, -0.2) is 4.98 Å². The third-order valence-electron chi connectivity index (χ3n) is 4.65. The molecule has 0 saturated carbocycles. The summed E-state index contributed by atoms with van der Waals surface area (Å²) in [7, 11) is 3.14. The number of imidazole rings is 1. The average Bonchev–Trinajstić information content (AvgIpc) is 3.24. The Bertz CT molecular complexity index is 1250. The number of rotatable bonds is 7. The number of methoxy groups -OCH3 is 2. The minimum absolute atomic E-state index is 0.160. The number of halogens is 2. The Hall–Kier alpha value is -3.49. The summed E-state index contributed by atoms with van der Waals surface area (Å²) in [5, 5.41) is 3.18. The van der Waals surface area contributed by atoms with Gasteiger partial charge in [-0.15, -0.1) is 0 Å². The lowest BCUT2D eigenvalue weighted by atomic mass is 10.1. The van der Waals surface area contributed by atoms with Gasteiger partial charge >= 0.3 is 0 Å². The van der Waals surface area contributed by atoms with E-state index in [0.29, 0.717) is 33.9 Å². The zero-order valence-corrected chi connectivity index (χ0v) is 18.6. The van der Waals surface area contributed by atoms with Crippen LogP contribution in [0.3, 0.4) is 0 Å². The van der Waals surface area contributed by atoms with Crippen LogP contribution in [0.5, 0.6) is 17.2 Å². The largest absolute Gasteiger partial charge is 0.497 e. The molecule has 2 heterocycles. The van der Waals surface area contributed by atoms with Crippen LogP contribution in [0.2, 0.25) is 10.0 Å². The molecule has 2 aromatic carbocycles. The number of anilines is 1. The quantitative estimate of drug-likeness (QED) is 0.387. The third-order valence-corrected chi connectivity index (χ3v) is 5.22. The number of hydrogen-bond acceptors (Lipinski definition) is 6. The maximum Gasteiger partial charge on any atom is 0.258 e. The molecular formula is C22H18Cl2N4O4. The van der Waals surface area contributed by atoms with E-state index in [9.17, 15) is 4.79 Å². The van der Waals surface area contributed by atoms with Gasteiger partial charge in [-0.2, -0.15) is 0 Å². The van der Waals surface area contributed by atoms with Gasteiger partial charge in [0.05, 0.1) is 35.5 Å². The Kier molecular flexibility index (Phi) is 6.34. The molecule has 2 N–H and O–H groups in total. The van der Waals surface area contributed by atoms with E-state index in [4.69, 9.17) is 37.4 Å². The third kappa shape index (κ3) is 4.42. The van der Waals surface area contributed by atoms with Gasteiger partial charge in [0.25, 0.3) is 5.91 Å². The monoisotopic (exact) mass is 472 g/mol. The lowest BCUT2D eigenvalue weighted by Gasteiger charge is -2.10. The highest BCUT2D eigenvalue weighted by Gasteiger charge is 2.19. The molecule has 0 unspecified atom stereocenters. The Labute approximate surface area is 193 Å². The van der Waals surface area contributed by atoms with Crippen LogP contribution in [0.25, 0.3) is 11.0 Å². The average molecular weight is 473 g/mol. The van der Waals surface area contributed by atoms with Crippen LogP contribution in [-0.4, -0.2) is 35.1 Å². The highest BCUT2D eigenvalue weighted by Crippen LogP contribution is 2.31. The molecule has 0 atom stereocenters. The summed E-state index contributed by atoms with van der Waals surface area (Å²) in [6, 6.07) is 10.5. The molecule has 10 heteroatoms. The molecule has 1 amide bonds. The highest BCUT2D eigenvalue weighted by molar-refractivity contribution is 6.39. The molecule has 4 aromatic rings. The molecular weight excluding hydrogens is 455 g/mol. The molecule has 164 valence electrons. The van der Waals surface area contributed by atoms with Gasteiger partial charge in [-0.1, -0.05) is 23.2 Å². The number of amides is 1. The molecule has 4 rings (SSSR count). The van der Waals surface area contributed by atoms with Crippen LogP contribution in [0, 0.1) is 0 Å². The Morgan fingerprint density at radius 1 is 1.00 bits per heavy atom. The number of nitrogens with one attached hydrogen (secondary N) is 2. The number of benzene rings is 2. The molecule has 0 aliphatic heterocycles. The fourth-order valence-corrected chi connectivity index (χ4v) is 3.53. The number of pyridine rings is 1. The lowest BCUT2D eigenvalue weighted by molar-refractivity contribution is 0.102. The molecule has 8 nitrogen and oxygen atoms in total. The number of H-pyrrole nitrogens is 1. The van der Waals surface area contributed by atoms with Crippen LogP contribution in [0.15, 0.2) is 48.8 Å². The number of carbonyl (C=O) groups is 1. The second kappa shape index (κ2) is 9.33. The van der Waals surface area contributed by atoms with Crippen molar-refractivity contribution in [1.82, 2.24) is 15.0 Å². The van der Waals surface area contributed by atoms with Gasteiger partial charge in [-0.3, -0.25) is 9.78 Å². The molecule has 0 fully saturated rings. The second-order valence-electron chi connectivity index (χ2n) is 6.62. The first-order chi connectivity index (χ1) is 15.5. The van der Waals surface area contributed by atoms with E-state index in [-0.39, 0.29) is 22.3 Å². The van der Waals surface area contributed by atoms with Gasteiger partial charge in [0.1, 0.15) is 40.7 Å². The topological polar surface area (TPSA) is 98.4 Å². The zero-order valence-electron chi connectivity index (χ0n) is 17.1. The van der Waals surface area contributed by atoms with E-state index >= 15 is 0 Å². The number of aromatic nitrogens is 3. The van der Waals surface area contributed by atoms with E-state index in [2.05, 4.69) is 20.3 Å². The van der Waals surface area contributed by atoms with Gasteiger partial charge in [0, 0.05) is 12.4 Å². The summed E-state index contributed by atoms with van der Waals surface area (Å²) in [4.78, 5) is 24.6. The molecule has 32 heavy (non-hydrogen) atoms. The number of carbonyl (C=O) groups excluding carboxylic acids is 1. The fourth-order valence-electron chi connectivity index (χ4n) is 3.07. The Morgan fingerprint density at radius 2 is 1.69 bits per heavy atom. The van der Waals surface area contributed by atoms with Crippen molar-refractivity contribution in [3.05, 3.63) is 70.2 Å². The second-order valence-corrected chi connectivity index (χ2v) is 7.43. The number of nitrogens with zero attached hydrogens (tertiary/aromatic N) is 2. The molecule has 0 aliphatic rings. The van der Waals surface area contributed by atoms with Crippen molar-refractivity contribution in [2.45, 2.75) is 6.61 Å². The summed E-state index contributed by atoms with van der Waals surface area (Å²) >= 11 is 12.2. The summed E-state index contributed by atoms with van der Waals surface area (Å²) in [5.74, 6) is 2.02. The predicted octanol–water partition coefficient (Wildman–Crippen LogP) is 5.11. The Morgan fingerprint density at radius 3 is 2.34 bits per heavy atom. The summed E-state index contributed by atoms with van der Waals surface area (Å²) in [6.07, 6.45) is 2.80. The zero-order chi connectivity index (χ0) is 22.7. The first-order valence-corrected chi connectivity index (χ1v) is 10.2. The van der Waals surface area contributed by atoms with Crippen LogP contribution in [-0.2, 0) is 6.61 Å². The van der Waals surface area contributed by atoms with E-state index in [0.717, 1.165) is 5.75 Å². The van der Waals surface area contributed by atoms with Crippen LogP contribution in [0.4, 0.5) is 5.69 Å². The van der Waals surface area contributed by atoms with Crippen LogP contribution in [0.1, 0.15) is 16.2 Å². The normalized spacial score (nSPS) is 10.8. The van der Waals surface area contributed by atoms with Gasteiger partial charge in [-0.05, 0) is 36.4 Å². The lowest BCUT2D eigenvalue weighted by Crippen LogP contribution is -2.13. The molecule has 0 saturated heterocycles. The molecule has 0 aliphatic carbocycles. The molecule has 0 bridgehead atoms. The predicted molar refractivity (Wildman–Crippen MR) is 122 cm³/mol. The SMILES string of the molecule is COc1ccc(OCc2nc3c(C(=O)Nc4c(Cl)cncc4Cl)ccc(OC)c3[nH]2)cc1. The fraction of sp³-hybridized carbons (Fsp3) is 0.136. The molecule has 0 spiro atoms. The van der Waals surface area contributed by atoms with Crippen molar-refractivity contribution in [3.63, 3.8) is 0 Å². The van der Waals surface area contributed by atoms with Crippen molar-refractivity contribution >= 4 is 45.8 Å². The Balaban J connectivity index is 1.62. The van der Waals surface area contributed by atoms with Gasteiger partial charge in [0.15, 0.2) is 0 Å². The van der Waals surface area contributed by atoms with E-state index in [1.54, 1.807) is 50.6 Å². The van der Waals surface area contributed by atoms with E-state index in [1.807, 2.05) is 0 Å². The molecule has 2 aromatic heterocycles. The van der Waals surface area contributed by atoms with E-state index < -0.39 is 5.91 Å².